The summed E-state index contributed by atoms with van der Waals surface area (Å²) in [5.74, 6) is -7.19. The van der Waals surface area contributed by atoms with Gasteiger partial charge in [-0.05, 0) is 65.7 Å². The van der Waals surface area contributed by atoms with Crippen molar-refractivity contribution >= 4 is 47.3 Å². The van der Waals surface area contributed by atoms with Crippen LogP contribution in [0.3, 0.4) is 0 Å². The number of nitrogens with one attached hydrogen (secondary N) is 6. The lowest BCUT2D eigenvalue weighted by atomic mass is 9.92. The third kappa shape index (κ3) is 15.2. The second kappa shape index (κ2) is 25.1. The molecular formula is C42H64F6N14O6. The maximum absolute atomic E-state index is 15.2. The maximum atomic E-state index is 15.2. The molecular weight excluding hydrogens is 911 g/mol. The molecule has 26 heteroatoms. The molecule has 4 fully saturated rings. The Labute approximate surface area is 390 Å². The molecule has 2 saturated heterocycles. The molecule has 20 nitrogen and oxygen atoms in total. The number of hydrazine groups is 2. The summed E-state index contributed by atoms with van der Waals surface area (Å²) in [6.07, 6.45) is 1.84. The molecule has 4 amide bonds. The number of anilines is 4. The first-order valence-corrected chi connectivity index (χ1v) is 22.9. The fourth-order valence-electron chi connectivity index (χ4n) is 9.13. The average molecular weight is 975 g/mol. The predicted octanol–water partition coefficient (Wildman–Crippen LogP) is 5.20. The number of halogens is 6. The minimum Gasteiger partial charge on any atom is -0.465 e. The number of aromatic nitrogens is 4. The van der Waals surface area contributed by atoms with Gasteiger partial charge in [0.25, 0.3) is 12.9 Å². The SMILES string of the molecule is CN(C)[C@@H]1CCN(c2nc(C(F)F)nc(NNC(=O)[C@@H](CNC(=O)O)CC3CCCC3)c2F)C1.CN(C)[C@@H]1CCN(c2nc(C(F)F)nc(NNC(=O)[C@@H](CNC(=O)O)CC3CCCC3)c2F)C1. The van der Waals surface area contributed by atoms with E-state index in [0.717, 1.165) is 64.2 Å². The summed E-state index contributed by atoms with van der Waals surface area (Å²) < 4.78 is 84.1. The highest BCUT2D eigenvalue weighted by Gasteiger charge is 2.33. The summed E-state index contributed by atoms with van der Waals surface area (Å²) in [4.78, 5) is 69.1. The monoisotopic (exact) mass is 975 g/mol. The van der Waals surface area contributed by atoms with E-state index >= 15 is 8.78 Å². The number of likely N-dealkylation sites (N-methyl/N-ethyl adjacent to an activating group) is 2. The van der Waals surface area contributed by atoms with E-state index in [0.29, 0.717) is 50.9 Å². The highest BCUT2D eigenvalue weighted by molar-refractivity contribution is 5.81. The van der Waals surface area contributed by atoms with Crippen LogP contribution in [0.15, 0.2) is 0 Å². The molecule has 8 N–H and O–H groups in total. The van der Waals surface area contributed by atoms with Gasteiger partial charge in [-0.25, -0.2) is 47.1 Å². The van der Waals surface area contributed by atoms with E-state index in [-0.39, 0.29) is 36.8 Å². The van der Waals surface area contributed by atoms with Crippen molar-refractivity contribution in [1.82, 2.24) is 51.2 Å². The maximum Gasteiger partial charge on any atom is 0.404 e. The van der Waals surface area contributed by atoms with Crippen molar-refractivity contribution in [2.75, 3.05) is 88.1 Å². The second-order valence-electron chi connectivity index (χ2n) is 18.2. The van der Waals surface area contributed by atoms with E-state index in [1.165, 1.54) is 0 Å². The van der Waals surface area contributed by atoms with Crippen LogP contribution in [-0.4, -0.2) is 143 Å². The molecule has 0 spiro atoms. The quantitative estimate of drug-likeness (QED) is 0.0628. The van der Waals surface area contributed by atoms with Crippen molar-refractivity contribution in [2.45, 2.75) is 102 Å². The van der Waals surface area contributed by atoms with Crippen LogP contribution in [0.4, 0.5) is 59.2 Å². The van der Waals surface area contributed by atoms with Gasteiger partial charge in [0.2, 0.25) is 23.4 Å². The number of carbonyl (C=O) groups is 4. The molecule has 0 aromatic carbocycles. The molecule has 6 rings (SSSR count). The van der Waals surface area contributed by atoms with E-state index in [9.17, 15) is 36.7 Å². The fraction of sp³-hybridized carbons (Fsp3) is 0.714. The first-order chi connectivity index (χ1) is 32.3. The van der Waals surface area contributed by atoms with E-state index in [1.807, 2.05) is 38.0 Å². The number of rotatable bonds is 20. The Balaban J connectivity index is 0.000000254. The highest BCUT2D eigenvalue weighted by Crippen LogP contribution is 2.34. The van der Waals surface area contributed by atoms with Gasteiger partial charge in [0.05, 0.1) is 11.8 Å². The van der Waals surface area contributed by atoms with Crippen LogP contribution >= 0.6 is 0 Å². The van der Waals surface area contributed by atoms with Crippen LogP contribution in [0.2, 0.25) is 0 Å². The van der Waals surface area contributed by atoms with Gasteiger partial charge in [-0.1, -0.05) is 51.4 Å². The van der Waals surface area contributed by atoms with Gasteiger partial charge in [0.1, 0.15) is 0 Å². The molecule has 68 heavy (non-hydrogen) atoms. The van der Waals surface area contributed by atoms with Gasteiger partial charge in [0, 0.05) is 51.4 Å². The lowest BCUT2D eigenvalue weighted by molar-refractivity contribution is -0.125. The van der Waals surface area contributed by atoms with Gasteiger partial charge in [-0.2, -0.15) is 8.78 Å². The smallest absolute Gasteiger partial charge is 0.404 e. The minimum atomic E-state index is -3.03. The van der Waals surface area contributed by atoms with Crippen LogP contribution in [0.25, 0.3) is 0 Å². The zero-order valence-corrected chi connectivity index (χ0v) is 38.7. The van der Waals surface area contributed by atoms with E-state index in [2.05, 4.69) is 52.3 Å². The molecule has 2 aromatic rings. The highest BCUT2D eigenvalue weighted by atomic mass is 19.3. The van der Waals surface area contributed by atoms with E-state index in [4.69, 9.17) is 10.2 Å². The number of alkyl halides is 4. The Bertz CT molecular complexity index is 1880. The Kier molecular flexibility index (Phi) is 19.7. The van der Waals surface area contributed by atoms with Crippen LogP contribution in [-0.2, 0) is 9.59 Å². The Morgan fingerprint density at radius 2 is 0.956 bits per heavy atom. The zero-order chi connectivity index (χ0) is 49.7. The number of hydrogen-bond acceptors (Lipinski definition) is 14. The zero-order valence-electron chi connectivity index (χ0n) is 38.7. The van der Waals surface area contributed by atoms with E-state index in [1.54, 1.807) is 9.80 Å². The molecule has 0 bridgehead atoms. The lowest BCUT2D eigenvalue weighted by Crippen LogP contribution is -2.42. The first-order valence-electron chi connectivity index (χ1n) is 22.9. The molecule has 0 radical (unpaired) electrons. The fourth-order valence-corrected chi connectivity index (χ4v) is 9.13. The topological polar surface area (TPSA) is 245 Å². The van der Waals surface area contributed by atoms with Crippen LogP contribution in [0.1, 0.15) is 102 Å². The summed E-state index contributed by atoms with van der Waals surface area (Å²) in [6, 6.07) is 0.247. The summed E-state index contributed by atoms with van der Waals surface area (Å²) in [6.45, 7) is 1.49. The average Bonchev–Trinajstić information content (AvgIpc) is 4.15. The van der Waals surface area contributed by atoms with Crippen LogP contribution in [0.5, 0.6) is 0 Å². The minimum absolute atomic E-state index is 0.112. The van der Waals surface area contributed by atoms with E-state index < -0.39 is 83.6 Å². The first kappa shape index (κ1) is 53.3. The molecule has 4 heterocycles. The van der Waals surface area contributed by atoms with Crippen molar-refractivity contribution < 1.29 is 55.7 Å². The lowest BCUT2D eigenvalue weighted by Gasteiger charge is -2.23. The number of hydrogen-bond donors (Lipinski definition) is 8. The Morgan fingerprint density at radius 3 is 1.25 bits per heavy atom. The molecule has 4 aliphatic rings. The Hall–Kier alpha value is -5.66. The van der Waals surface area contributed by atoms with Crippen molar-refractivity contribution in [2.24, 2.45) is 23.7 Å². The van der Waals surface area contributed by atoms with Crippen LogP contribution in [0, 0.1) is 35.3 Å². The van der Waals surface area contributed by atoms with Gasteiger partial charge >= 0.3 is 12.2 Å². The van der Waals surface area contributed by atoms with Gasteiger partial charge in [-0.15, -0.1) is 0 Å². The predicted molar refractivity (Wildman–Crippen MR) is 238 cm³/mol. The standard InChI is InChI=1S/2C21H32F3N7O3/c2*1-30(2)14-7-8-31(11-14)19-15(22)17(26-18(27-19)16(23)24)28-29-20(32)13(10-25-21(33)34)9-12-5-3-4-6-12/h2*12-14,16,25H,3-11H2,1-2H3,(H,29,32)(H,33,34)(H,26,27,28)/t2*13-,14-/m11/s1. The molecule has 380 valence electrons. The largest absolute Gasteiger partial charge is 0.465 e. The normalized spacial score (nSPS) is 19.6. The second-order valence-corrected chi connectivity index (χ2v) is 18.2. The number of amides is 4. The van der Waals surface area contributed by atoms with Gasteiger partial charge in [0.15, 0.2) is 34.9 Å². The van der Waals surface area contributed by atoms with Crippen molar-refractivity contribution in [3.05, 3.63) is 23.3 Å². The third-order valence-electron chi connectivity index (χ3n) is 13.0. The van der Waals surface area contributed by atoms with Crippen molar-refractivity contribution in [3.63, 3.8) is 0 Å². The molecule has 2 aliphatic carbocycles. The van der Waals surface area contributed by atoms with Crippen molar-refractivity contribution in [1.29, 1.82) is 0 Å². The van der Waals surface area contributed by atoms with Crippen molar-refractivity contribution in [3.8, 4) is 0 Å². The summed E-state index contributed by atoms with van der Waals surface area (Å²) in [5, 5.41) is 22.3. The number of carboxylic acid groups (broad SMARTS) is 2. The number of nitrogens with zero attached hydrogens (tertiary/aromatic N) is 8. The summed E-state index contributed by atoms with van der Waals surface area (Å²) >= 11 is 0. The summed E-state index contributed by atoms with van der Waals surface area (Å²) in [5.41, 5.74) is 9.30. The van der Waals surface area contributed by atoms with Gasteiger partial charge in [-0.3, -0.25) is 31.3 Å². The summed E-state index contributed by atoms with van der Waals surface area (Å²) in [7, 11) is 7.55. The van der Waals surface area contributed by atoms with Crippen LogP contribution < -0.4 is 42.1 Å². The molecule has 2 aromatic heterocycles. The molecule has 4 atom stereocenters. The Morgan fingerprint density at radius 1 is 0.603 bits per heavy atom. The molecule has 2 saturated carbocycles. The molecule has 2 aliphatic heterocycles. The van der Waals surface area contributed by atoms with Gasteiger partial charge < -0.3 is 40.4 Å². The third-order valence-corrected chi connectivity index (χ3v) is 13.0. The molecule has 0 unspecified atom stereocenters. The number of carbonyl (C=O) groups excluding carboxylic acids is 2.